The van der Waals surface area contributed by atoms with Crippen LogP contribution in [-0.4, -0.2) is 43.8 Å². The molecule has 0 aliphatic heterocycles. The SMILES string of the molecule is COC(=O)CCCN(C)C(=O)OC(C)C. The van der Waals surface area contributed by atoms with Gasteiger partial charge in [-0.25, -0.2) is 4.79 Å². The Balaban J connectivity index is 3.69. The van der Waals surface area contributed by atoms with Crippen LogP contribution in [0.1, 0.15) is 26.7 Å². The third kappa shape index (κ3) is 6.76. The second-order valence-corrected chi connectivity index (χ2v) is 3.53. The van der Waals surface area contributed by atoms with E-state index in [4.69, 9.17) is 4.74 Å². The number of rotatable bonds is 5. The molecule has 0 bridgehead atoms. The topological polar surface area (TPSA) is 55.8 Å². The minimum Gasteiger partial charge on any atom is -0.469 e. The van der Waals surface area contributed by atoms with E-state index < -0.39 is 0 Å². The van der Waals surface area contributed by atoms with Crippen molar-refractivity contribution in [3.05, 3.63) is 0 Å². The number of ether oxygens (including phenoxy) is 2. The largest absolute Gasteiger partial charge is 0.469 e. The number of carbonyl (C=O) groups is 2. The first-order valence-corrected chi connectivity index (χ1v) is 4.96. The van der Waals surface area contributed by atoms with E-state index in [1.54, 1.807) is 20.9 Å². The molecule has 1 amide bonds. The molecule has 0 fully saturated rings. The van der Waals surface area contributed by atoms with Crippen molar-refractivity contribution >= 4 is 12.1 Å². The highest BCUT2D eigenvalue weighted by Gasteiger charge is 2.11. The first-order valence-electron chi connectivity index (χ1n) is 4.96. The third-order valence-electron chi connectivity index (χ3n) is 1.75. The summed E-state index contributed by atoms with van der Waals surface area (Å²) >= 11 is 0. The molecule has 5 heteroatoms. The van der Waals surface area contributed by atoms with Crippen molar-refractivity contribution in [2.45, 2.75) is 32.8 Å². The van der Waals surface area contributed by atoms with Crippen molar-refractivity contribution < 1.29 is 19.1 Å². The maximum Gasteiger partial charge on any atom is 0.409 e. The highest BCUT2D eigenvalue weighted by atomic mass is 16.6. The van der Waals surface area contributed by atoms with Crippen molar-refractivity contribution in [2.75, 3.05) is 20.7 Å². The molecular formula is C10H19NO4. The maximum absolute atomic E-state index is 11.3. The van der Waals surface area contributed by atoms with Crippen molar-refractivity contribution in [3.8, 4) is 0 Å². The first-order chi connectivity index (χ1) is 6.97. The zero-order valence-electron chi connectivity index (χ0n) is 9.78. The van der Waals surface area contributed by atoms with Gasteiger partial charge in [-0.1, -0.05) is 0 Å². The molecule has 0 aromatic rings. The van der Waals surface area contributed by atoms with Crippen LogP contribution in [0.5, 0.6) is 0 Å². The molecule has 0 heterocycles. The zero-order valence-corrected chi connectivity index (χ0v) is 9.78. The number of methoxy groups -OCH3 is 1. The van der Waals surface area contributed by atoms with Crippen LogP contribution in [0.15, 0.2) is 0 Å². The minimum absolute atomic E-state index is 0.124. The standard InChI is InChI=1S/C10H19NO4/c1-8(2)15-10(13)11(3)7-5-6-9(12)14-4/h8H,5-7H2,1-4H3. The lowest BCUT2D eigenvalue weighted by Gasteiger charge is -2.18. The Morgan fingerprint density at radius 1 is 1.33 bits per heavy atom. The van der Waals surface area contributed by atoms with Gasteiger partial charge in [-0.2, -0.15) is 0 Å². The van der Waals surface area contributed by atoms with Crippen LogP contribution < -0.4 is 0 Å². The van der Waals surface area contributed by atoms with Gasteiger partial charge >= 0.3 is 12.1 Å². The van der Waals surface area contributed by atoms with Gasteiger partial charge in [-0.15, -0.1) is 0 Å². The lowest BCUT2D eigenvalue weighted by molar-refractivity contribution is -0.140. The van der Waals surface area contributed by atoms with Crippen molar-refractivity contribution in [1.29, 1.82) is 0 Å². The van der Waals surface area contributed by atoms with Gasteiger partial charge < -0.3 is 14.4 Å². The molecule has 0 unspecified atom stereocenters. The molecule has 0 saturated carbocycles. The molecule has 0 saturated heterocycles. The summed E-state index contributed by atoms with van der Waals surface area (Å²) in [4.78, 5) is 23.5. The van der Waals surface area contributed by atoms with Gasteiger partial charge in [-0.3, -0.25) is 4.79 Å². The van der Waals surface area contributed by atoms with Crippen LogP contribution in [0.2, 0.25) is 0 Å². The van der Waals surface area contributed by atoms with Crippen LogP contribution in [0.4, 0.5) is 4.79 Å². The predicted octanol–water partition coefficient (Wildman–Crippen LogP) is 1.42. The summed E-state index contributed by atoms with van der Waals surface area (Å²) in [6.45, 7) is 4.07. The number of hydrogen-bond donors (Lipinski definition) is 0. The van der Waals surface area contributed by atoms with Gasteiger partial charge in [0.25, 0.3) is 0 Å². The number of carbonyl (C=O) groups excluding carboxylic acids is 2. The normalized spacial score (nSPS) is 9.93. The molecule has 0 spiro atoms. The smallest absolute Gasteiger partial charge is 0.409 e. The molecule has 0 radical (unpaired) electrons. The Hall–Kier alpha value is -1.26. The number of amides is 1. The summed E-state index contributed by atoms with van der Waals surface area (Å²) in [7, 11) is 2.99. The van der Waals surface area contributed by atoms with Crippen LogP contribution in [0.25, 0.3) is 0 Å². The molecular weight excluding hydrogens is 198 g/mol. The lowest BCUT2D eigenvalue weighted by atomic mass is 10.3. The van der Waals surface area contributed by atoms with Gasteiger partial charge in [0.15, 0.2) is 0 Å². The first kappa shape index (κ1) is 13.7. The Labute approximate surface area is 90.3 Å². The predicted molar refractivity (Wildman–Crippen MR) is 55.5 cm³/mol. The third-order valence-corrected chi connectivity index (χ3v) is 1.75. The van der Waals surface area contributed by atoms with Gasteiger partial charge in [0.05, 0.1) is 13.2 Å². The highest BCUT2D eigenvalue weighted by Crippen LogP contribution is 1.99. The van der Waals surface area contributed by atoms with Crippen LogP contribution in [0, 0.1) is 0 Å². The van der Waals surface area contributed by atoms with Gasteiger partial charge in [0, 0.05) is 20.0 Å². The Bertz CT molecular complexity index is 215. The molecule has 5 nitrogen and oxygen atoms in total. The average Bonchev–Trinajstić information content (AvgIpc) is 2.16. The van der Waals surface area contributed by atoms with Crippen LogP contribution in [-0.2, 0) is 14.3 Å². The summed E-state index contributed by atoms with van der Waals surface area (Å²) in [6.07, 6.45) is 0.405. The van der Waals surface area contributed by atoms with E-state index in [-0.39, 0.29) is 18.2 Å². The van der Waals surface area contributed by atoms with E-state index in [0.717, 1.165) is 0 Å². The molecule has 0 aromatic heterocycles. The fraction of sp³-hybridized carbons (Fsp3) is 0.800. The monoisotopic (exact) mass is 217 g/mol. The Kier molecular flexibility index (Phi) is 6.49. The van der Waals surface area contributed by atoms with E-state index in [2.05, 4.69) is 4.74 Å². The van der Waals surface area contributed by atoms with E-state index in [0.29, 0.717) is 19.4 Å². The highest BCUT2D eigenvalue weighted by molar-refractivity contribution is 5.69. The Morgan fingerprint density at radius 3 is 2.40 bits per heavy atom. The summed E-state index contributed by atoms with van der Waals surface area (Å²) in [5.74, 6) is -0.263. The molecule has 0 aliphatic rings. The minimum atomic E-state index is -0.366. The van der Waals surface area contributed by atoms with Crippen LogP contribution >= 0.6 is 0 Å². The molecule has 0 aromatic carbocycles. The number of hydrogen-bond acceptors (Lipinski definition) is 4. The van der Waals surface area contributed by atoms with Gasteiger partial charge in [0.1, 0.15) is 0 Å². The maximum atomic E-state index is 11.3. The van der Waals surface area contributed by atoms with E-state index >= 15 is 0 Å². The summed E-state index contributed by atoms with van der Waals surface area (Å²) in [6, 6.07) is 0. The Morgan fingerprint density at radius 2 is 1.93 bits per heavy atom. The molecule has 88 valence electrons. The molecule has 0 atom stereocenters. The zero-order chi connectivity index (χ0) is 11.8. The van der Waals surface area contributed by atoms with E-state index in [1.165, 1.54) is 12.0 Å². The fourth-order valence-electron chi connectivity index (χ4n) is 0.946. The van der Waals surface area contributed by atoms with Gasteiger partial charge in [0.2, 0.25) is 0 Å². The molecule has 15 heavy (non-hydrogen) atoms. The summed E-state index contributed by atoms with van der Waals surface area (Å²) in [5, 5.41) is 0. The fourth-order valence-corrected chi connectivity index (χ4v) is 0.946. The van der Waals surface area contributed by atoms with Crippen molar-refractivity contribution in [2.24, 2.45) is 0 Å². The second kappa shape index (κ2) is 7.09. The molecule has 0 aliphatic carbocycles. The summed E-state index contributed by atoms with van der Waals surface area (Å²) in [5.41, 5.74) is 0. The van der Waals surface area contributed by atoms with E-state index in [1.807, 2.05) is 0 Å². The summed E-state index contributed by atoms with van der Waals surface area (Å²) < 4.78 is 9.45. The average molecular weight is 217 g/mol. The molecule has 0 N–H and O–H groups in total. The van der Waals surface area contributed by atoms with Crippen LogP contribution in [0.3, 0.4) is 0 Å². The second-order valence-electron chi connectivity index (χ2n) is 3.53. The molecule has 0 rings (SSSR count). The van der Waals surface area contributed by atoms with Crippen molar-refractivity contribution in [3.63, 3.8) is 0 Å². The number of nitrogens with zero attached hydrogens (tertiary/aromatic N) is 1. The van der Waals surface area contributed by atoms with Gasteiger partial charge in [-0.05, 0) is 20.3 Å². The quantitative estimate of drug-likeness (QED) is 0.653. The van der Waals surface area contributed by atoms with E-state index in [9.17, 15) is 9.59 Å². The van der Waals surface area contributed by atoms with Crippen molar-refractivity contribution in [1.82, 2.24) is 4.90 Å². The number of esters is 1. The lowest BCUT2D eigenvalue weighted by Crippen LogP contribution is -2.30.